The largest absolute Gasteiger partial charge is 0.352 e. The van der Waals surface area contributed by atoms with Gasteiger partial charge in [0.05, 0.1) is 15.5 Å². The molecule has 0 radical (unpaired) electrons. The Morgan fingerprint density at radius 2 is 1.64 bits per heavy atom. The third kappa shape index (κ3) is 7.64. The van der Waals surface area contributed by atoms with Crippen LogP contribution in [-0.4, -0.2) is 48.7 Å². The normalized spacial score (nSPS) is 12.0. The Morgan fingerprint density at radius 1 is 0.974 bits per heavy atom. The van der Waals surface area contributed by atoms with E-state index in [0.717, 1.165) is 20.4 Å². The number of non-ortho nitro benzene ring substituents is 1. The van der Waals surface area contributed by atoms with Crippen LogP contribution in [0.15, 0.2) is 88.2 Å². The highest BCUT2D eigenvalue weighted by atomic mass is 79.9. The van der Waals surface area contributed by atoms with Crippen LogP contribution in [0.3, 0.4) is 0 Å². The Kier molecular flexibility index (Phi) is 9.81. The first-order valence-electron chi connectivity index (χ1n) is 12.1. The van der Waals surface area contributed by atoms with E-state index in [1.54, 1.807) is 45.0 Å². The van der Waals surface area contributed by atoms with Gasteiger partial charge in [0.1, 0.15) is 12.6 Å². The van der Waals surface area contributed by atoms with Gasteiger partial charge in [0.2, 0.25) is 11.8 Å². The van der Waals surface area contributed by atoms with Gasteiger partial charge in [0.25, 0.3) is 15.7 Å². The summed E-state index contributed by atoms with van der Waals surface area (Å²) in [5.41, 5.74) is 0.335. The maximum Gasteiger partial charge on any atom is 0.271 e. The highest BCUT2D eigenvalue weighted by Gasteiger charge is 2.33. The van der Waals surface area contributed by atoms with Crippen LogP contribution in [0.2, 0.25) is 0 Å². The molecule has 0 saturated heterocycles. The molecule has 3 aromatic carbocycles. The lowest BCUT2D eigenvalue weighted by atomic mass is 10.1. The van der Waals surface area contributed by atoms with Crippen molar-refractivity contribution in [2.45, 2.75) is 44.3 Å². The number of halogens is 1. The number of nitrogens with zero attached hydrogens (tertiary/aromatic N) is 3. The molecule has 1 atom stereocenters. The second-order valence-corrected chi connectivity index (χ2v) is 11.9. The maximum absolute atomic E-state index is 13.8. The van der Waals surface area contributed by atoms with Gasteiger partial charge in [-0.05, 0) is 56.7 Å². The van der Waals surface area contributed by atoms with Crippen molar-refractivity contribution in [1.82, 2.24) is 10.2 Å². The number of nitrogens with one attached hydrogen (secondary N) is 1. The molecule has 12 heteroatoms. The number of carbonyl (C=O) groups excluding carboxylic acids is 2. The minimum Gasteiger partial charge on any atom is -0.352 e. The number of hydrogen-bond donors (Lipinski definition) is 1. The van der Waals surface area contributed by atoms with Crippen molar-refractivity contribution in [2.75, 3.05) is 10.8 Å². The van der Waals surface area contributed by atoms with Crippen molar-refractivity contribution in [1.29, 1.82) is 0 Å². The molecule has 39 heavy (non-hydrogen) atoms. The van der Waals surface area contributed by atoms with Crippen molar-refractivity contribution in [2.24, 2.45) is 0 Å². The van der Waals surface area contributed by atoms with Crippen molar-refractivity contribution in [3.8, 4) is 0 Å². The van der Waals surface area contributed by atoms with Crippen LogP contribution >= 0.6 is 15.9 Å². The summed E-state index contributed by atoms with van der Waals surface area (Å²) in [5, 5.41) is 14.2. The van der Waals surface area contributed by atoms with Crippen LogP contribution in [0.25, 0.3) is 0 Å². The summed E-state index contributed by atoms with van der Waals surface area (Å²) in [6.45, 7) is 4.49. The molecule has 0 aliphatic carbocycles. The van der Waals surface area contributed by atoms with Crippen LogP contribution < -0.4 is 9.62 Å². The number of hydrogen-bond acceptors (Lipinski definition) is 6. The Bertz CT molecular complexity index is 1450. The van der Waals surface area contributed by atoms with E-state index in [-0.39, 0.29) is 28.9 Å². The van der Waals surface area contributed by atoms with Crippen molar-refractivity contribution in [3.63, 3.8) is 0 Å². The quantitative estimate of drug-likeness (QED) is 0.249. The molecule has 10 nitrogen and oxygen atoms in total. The van der Waals surface area contributed by atoms with Gasteiger partial charge in [-0.2, -0.15) is 0 Å². The lowest BCUT2D eigenvalue weighted by molar-refractivity contribution is -0.384. The standard InChI is InChI=1S/C27H29BrN4O6S/c1-19(2)29-27(34)20(3)30(17-21-9-7-10-22(28)15-21)26(33)18-31(23-11-8-12-24(16-23)32(35)36)39(37,38)25-13-5-4-6-14-25/h4-16,19-20H,17-18H2,1-3H3,(H,29,34)/t20-/m1/s1. The van der Waals surface area contributed by atoms with E-state index in [4.69, 9.17) is 0 Å². The zero-order valence-electron chi connectivity index (χ0n) is 21.7. The summed E-state index contributed by atoms with van der Waals surface area (Å²) in [7, 11) is -4.31. The minimum atomic E-state index is -4.31. The average molecular weight is 618 g/mol. The van der Waals surface area contributed by atoms with Gasteiger partial charge in [-0.3, -0.25) is 24.0 Å². The summed E-state index contributed by atoms with van der Waals surface area (Å²) in [6.07, 6.45) is 0. The molecule has 0 spiro atoms. The van der Waals surface area contributed by atoms with Gasteiger partial charge in [-0.15, -0.1) is 0 Å². The molecule has 0 heterocycles. The van der Waals surface area contributed by atoms with E-state index in [1.807, 2.05) is 6.07 Å². The molecule has 0 aromatic heterocycles. The molecular formula is C27H29BrN4O6S. The van der Waals surface area contributed by atoms with Crippen LogP contribution in [0.5, 0.6) is 0 Å². The van der Waals surface area contributed by atoms with Gasteiger partial charge >= 0.3 is 0 Å². The van der Waals surface area contributed by atoms with Gasteiger partial charge in [0, 0.05) is 29.2 Å². The van der Waals surface area contributed by atoms with Crippen LogP contribution in [0.4, 0.5) is 11.4 Å². The zero-order chi connectivity index (χ0) is 28.7. The zero-order valence-corrected chi connectivity index (χ0v) is 24.1. The molecule has 0 saturated carbocycles. The highest BCUT2D eigenvalue weighted by Crippen LogP contribution is 2.27. The fraction of sp³-hybridized carbons (Fsp3) is 0.259. The summed E-state index contributed by atoms with van der Waals surface area (Å²) in [4.78, 5) is 38.8. The Morgan fingerprint density at radius 3 is 2.26 bits per heavy atom. The van der Waals surface area contributed by atoms with Crippen molar-refractivity contribution >= 4 is 49.1 Å². The number of anilines is 1. The number of nitro groups is 1. The first-order chi connectivity index (χ1) is 18.4. The molecule has 3 rings (SSSR count). The number of sulfonamides is 1. The molecule has 0 aliphatic rings. The minimum absolute atomic E-state index is 0.0269. The lowest BCUT2D eigenvalue weighted by Gasteiger charge is -2.32. The van der Waals surface area contributed by atoms with E-state index in [1.165, 1.54) is 47.4 Å². The maximum atomic E-state index is 13.8. The first-order valence-corrected chi connectivity index (χ1v) is 14.3. The van der Waals surface area contributed by atoms with Crippen molar-refractivity contribution < 1.29 is 22.9 Å². The summed E-state index contributed by atoms with van der Waals surface area (Å²) < 4.78 is 29.1. The Hall–Kier alpha value is -3.77. The average Bonchev–Trinajstić information content (AvgIpc) is 2.90. The second kappa shape index (κ2) is 12.9. The number of benzene rings is 3. The first kappa shape index (κ1) is 29.8. The van der Waals surface area contributed by atoms with Crippen LogP contribution in [0, 0.1) is 10.1 Å². The predicted molar refractivity (Wildman–Crippen MR) is 152 cm³/mol. The van der Waals surface area contributed by atoms with E-state index in [0.29, 0.717) is 0 Å². The van der Waals surface area contributed by atoms with E-state index >= 15 is 0 Å². The lowest BCUT2D eigenvalue weighted by Crippen LogP contribution is -2.52. The summed E-state index contributed by atoms with van der Waals surface area (Å²) in [6, 6.07) is 18.6. The third-order valence-electron chi connectivity index (χ3n) is 5.78. The van der Waals surface area contributed by atoms with Crippen LogP contribution in [0.1, 0.15) is 26.3 Å². The van der Waals surface area contributed by atoms with E-state index < -0.39 is 39.3 Å². The smallest absolute Gasteiger partial charge is 0.271 e. The number of rotatable bonds is 11. The molecule has 206 valence electrons. The molecule has 0 fully saturated rings. The second-order valence-electron chi connectivity index (χ2n) is 9.09. The topological polar surface area (TPSA) is 130 Å². The number of carbonyl (C=O) groups is 2. The van der Waals surface area contributed by atoms with E-state index in [9.17, 15) is 28.1 Å². The fourth-order valence-corrected chi connectivity index (χ4v) is 5.70. The number of nitro benzene ring substituents is 1. The van der Waals surface area contributed by atoms with Gasteiger partial charge < -0.3 is 10.2 Å². The molecular weight excluding hydrogens is 588 g/mol. The highest BCUT2D eigenvalue weighted by molar-refractivity contribution is 9.10. The van der Waals surface area contributed by atoms with Crippen molar-refractivity contribution in [3.05, 3.63) is 99.0 Å². The molecule has 3 aromatic rings. The Balaban J connectivity index is 2.07. The molecule has 0 bridgehead atoms. The van der Waals surface area contributed by atoms with Gasteiger partial charge in [-0.1, -0.05) is 52.3 Å². The van der Waals surface area contributed by atoms with Crippen LogP contribution in [-0.2, 0) is 26.2 Å². The SMILES string of the molecule is CC(C)NC(=O)[C@@H](C)N(Cc1cccc(Br)c1)C(=O)CN(c1cccc([N+](=O)[O-])c1)S(=O)(=O)c1ccccc1. The monoisotopic (exact) mass is 616 g/mol. The molecule has 0 aliphatic heterocycles. The van der Waals surface area contributed by atoms with E-state index in [2.05, 4.69) is 21.2 Å². The summed E-state index contributed by atoms with van der Waals surface area (Å²) in [5.74, 6) is -1.06. The van der Waals surface area contributed by atoms with Gasteiger partial charge in [0.15, 0.2) is 0 Å². The fourth-order valence-electron chi connectivity index (χ4n) is 3.83. The summed E-state index contributed by atoms with van der Waals surface area (Å²) >= 11 is 3.40. The molecule has 2 amide bonds. The third-order valence-corrected chi connectivity index (χ3v) is 8.06. The predicted octanol–water partition coefficient (Wildman–Crippen LogP) is 4.49. The Labute approximate surface area is 236 Å². The number of amides is 2. The van der Waals surface area contributed by atoms with Gasteiger partial charge in [-0.25, -0.2) is 8.42 Å². The molecule has 1 N–H and O–H groups in total. The molecule has 0 unspecified atom stereocenters.